The van der Waals surface area contributed by atoms with Gasteiger partial charge in [0.1, 0.15) is 0 Å². The van der Waals surface area contributed by atoms with Crippen molar-refractivity contribution < 1.29 is 9.13 Å². The van der Waals surface area contributed by atoms with Gasteiger partial charge in [-0.15, -0.1) is 12.4 Å². The molecule has 84 valence electrons. The zero-order chi connectivity index (χ0) is 10.1. The van der Waals surface area contributed by atoms with E-state index in [2.05, 4.69) is 0 Å². The number of rotatable bonds is 1. The first-order valence-corrected chi connectivity index (χ1v) is 4.81. The van der Waals surface area contributed by atoms with E-state index in [1.54, 1.807) is 12.1 Å². The maximum atomic E-state index is 13.3. The first-order chi connectivity index (χ1) is 6.70. The third kappa shape index (κ3) is 2.41. The summed E-state index contributed by atoms with van der Waals surface area (Å²) in [5, 5.41) is 0. The van der Waals surface area contributed by atoms with Crippen LogP contribution in [-0.2, 0) is 12.8 Å². The molecule has 4 heteroatoms. The maximum absolute atomic E-state index is 13.3. The van der Waals surface area contributed by atoms with E-state index < -0.39 is 0 Å². The van der Waals surface area contributed by atoms with Crippen molar-refractivity contribution in [1.29, 1.82) is 0 Å². The van der Waals surface area contributed by atoms with Crippen molar-refractivity contribution in [3.63, 3.8) is 0 Å². The van der Waals surface area contributed by atoms with Gasteiger partial charge in [-0.25, -0.2) is 4.39 Å². The summed E-state index contributed by atoms with van der Waals surface area (Å²) in [5.74, 6) is 0.0413. The molecule has 1 unspecified atom stereocenters. The number of benzene rings is 1. The minimum atomic E-state index is -0.276. The molecule has 0 bridgehead atoms. The van der Waals surface area contributed by atoms with Crippen LogP contribution < -0.4 is 10.5 Å². The van der Waals surface area contributed by atoms with E-state index in [0.717, 1.165) is 30.4 Å². The Kier molecular flexibility index (Phi) is 3.94. The number of hydrogen-bond acceptors (Lipinski definition) is 2. The number of methoxy groups -OCH3 is 1. The second kappa shape index (κ2) is 4.81. The molecular formula is C11H15ClFNO. The van der Waals surface area contributed by atoms with Crippen LogP contribution in [0.2, 0.25) is 0 Å². The molecule has 0 fully saturated rings. The van der Waals surface area contributed by atoms with Gasteiger partial charge < -0.3 is 10.5 Å². The summed E-state index contributed by atoms with van der Waals surface area (Å²) in [6, 6.07) is 3.54. The van der Waals surface area contributed by atoms with Crippen LogP contribution in [0.15, 0.2) is 12.1 Å². The molecule has 1 aromatic carbocycles. The first-order valence-electron chi connectivity index (χ1n) is 4.81. The van der Waals surface area contributed by atoms with E-state index in [1.807, 2.05) is 0 Å². The Morgan fingerprint density at radius 2 is 2.13 bits per heavy atom. The molecule has 15 heavy (non-hydrogen) atoms. The third-order valence-corrected chi connectivity index (χ3v) is 2.74. The third-order valence-electron chi connectivity index (χ3n) is 2.74. The largest absolute Gasteiger partial charge is 0.494 e. The van der Waals surface area contributed by atoms with Crippen LogP contribution in [0.3, 0.4) is 0 Å². The van der Waals surface area contributed by atoms with E-state index in [0.29, 0.717) is 5.75 Å². The van der Waals surface area contributed by atoms with Crippen molar-refractivity contribution in [1.82, 2.24) is 0 Å². The van der Waals surface area contributed by atoms with Crippen molar-refractivity contribution in [3.05, 3.63) is 29.1 Å². The number of ether oxygens (including phenoxy) is 1. The van der Waals surface area contributed by atoms with Crippen molar-refractivity contribution in [2.45, 2.75) is 25.3 Å². The zero-order valence-corrected chi connectivity index (χ0v) is 9.44. The lowest BCUT2D eigenvalue weighted by Gasteiger charge is -2.22. The second-order valence-electron chi connectivity index (χ2n) is 3.76. The fraction of sp³-hybridized carbons (Fsp3) is 0.455. The highest BCUT2D eigenvalue weighted by Gasteiger charge is 2.18. The summed E-state index contributed by atoms with van der Waals surface area (Å²) >= 11 is 0. The fourth-order valence-corrected chi connectivity index (χ4v) is 1.94. The van der Waals surface area contributed by atoms with Gasteiger partial charge in [0.2, 0.25) is 0 Å². The molecule has 1 aromatic rings. The number of fused-ring (bicyclic) bond motifs is 1. The van der Waals surface area contributed by atoms with Gasteiger partial charge in [-0.05, 0) is 42.5 Å². The van der Waals surface area contributed by atoms with Gasteiger partial charge >= 0.3 is 0 Å². The Hall–Kier alpha value is -0.800. The highest BCUT2D eigenvalue weighted by Crippen LogP contribution is 2.27. The summed E-state index contributed by atoms with van der Waals surface area (Å²) in [6.45, 7) is 0. The Morgan fingerprint density at radius 3 is 2.80 bits per heavy atom. The molecule has 2 N–H and O–H groups in total. The van der Waals surface area contributed by atoms with Gasteiger partial charge in [-0.3, -0.25) is 0 Å². The van der Waals surface area contributed by atoms with Gasteiger partial charge in [0, 0.05) is 6.04 Å². The van der Waals surface area contributed by atoms with E-state index in [4.69, 9.17) is 10.5 Å². The summed E-state index contributed by atoms with van der Waals surface area (Å²) < 4.78 is 18.2. The number of nitrogens with two attached hydrogens (primary N) is 1. The summed E-state index contributed by atoms with van der Waals surface area (Å²) in [4.78, 5) is 0. The first kappa shape index (κ1) is 12.3. The number of halogens is 2. The standard InChI is InChI=1S/C11H14FNO.ClH/c1-14-11-6-8-4-9(13)3-2-7(8)5-10(11)12;/h5-6,9H,2-4,13H2,1H3;1H. The maximum Gasteiger partial charge on any atom is 0.165 e. The molecule has 1 atom stereocenters. The van der Waals surface area contributed by atoms with E-state index in [1.165, 1.54) is 7.11 Å². The molecule has 0 aliphatic heterocycles. The van der Waals surface area contributed by atoms with E-state index >= 15 is 0 Å². The summed E-state index contributed by atoms with van der Waals surface area (Å²) in [7, 11) is 1.48. The second-order valence-corrected chi connectivity index (χ2v) is 3.76. The zero-order valence-electron chi connectivity index (χ0n) is 8.63. The van der Waals surface area contributed by atoms with Crippen molar-refractivity contribution in [2.24, 2.45) is 5.73 Å². The van der Waals surface area contributed by atoms with Crippen LogP contribution in [0, 0.1) is 5.82 Å². The molecule has 0 spiro atoms. The highest BCUT2D eigenvalue weighted by molar-refractivity contribution is 5.85. The summed E-state index contributed by atoms with van der Waals surface area (Å²) in [6.07, 6.45) is 2.64. The quantitative estimate of drug-likeness (QED) is 0.803. The average molecular weight is 232 g/mol. The predicted octanol–water partition coefficient (Wildman–Crippen LogP) is 2.07. The van der Waals surface area contributed by atoms with E-state index in [9.17, 15) is 4.39 Å². The molecule has 1 aliphatic carbocycles. The van der Waals surface area contributed by atoms with Crippen LogP contribution >= 0.6 is 12.4 Å². The molecule has 0 saturated carbocycles. The van der Waals surface area contributed by atoms with Gasteiger partial charge in [-0.1, -0.05) is 0 Å². The Balaban J connectivity index is 0.00000112. The fourth-order valence-electron chi connectivity index (χ4n) is 1.94. The van der Waals surface area contributed by atoms with Crippen LogP contribution in [0.5, 0.6) is 5.75 Å². The van der Waals surface area contributed by atoms with Crippen LogP contribution in [0.25, 0.3) is 0 Å². The topological polar surface area (TPSA) is 35.2 Å². The lowest BCUT2D eigenvalue weighted by Crippen LogP contribution is -2.27. The molecule has 0 radical (unpaired) electrons. The van der Waals surface area contributed by atoms with Gasteiger partial charge in [-0.2, -0.15) is 0 Å². The SMILES string of the molecule is COc1cc2c(cc1F)CCC(N)C2.Cl. The number of hydrogen-bond donors (Lipinski definition) is 1. The lowest BCUT2D eigenvalue weighted by molar-refractivity contribution is 0.384. The lowest BCUT2D eigenvalue weighted by atomic mass is 9.88. The molecule has 0 aromatic heterocycles. The van der Waals surface area contributed by atoms with Crippen molar-refractivity contribution in [2.75, 3.05) is 7.11 Å². The average Bonchev–Trinajstić information content (AvgIpc) is 2.17. The van der Waals surface area contributed by atoms with Gasteiger partial charge in [0.25, 0.3) is 0 Å². The predicted molar refractivity (Wildman–Crippen MR) is 60.2 cm³/mol. The molecular weight excluding hydrogens is 217 g/mol. The van der Waals surface area contributed by atoms with Gasteiger partial charge in [0.15, 0.2) is 11.6 Å². The Morgan fingerprint density at radius 1 is 1.40 bits per heavy atom. The van der Waals surface area contributed by atoms with Crippen LogP contribution in [0.4, 0.5) is 4.39 Å². The van der Waals surface area contributed by atoms with Crippen LogP contribution in [0.1, 0.15) is 17.5 Å². The van der Waals surface area contributed by atoms with Crippen LogP contribution in [-0.4, -0.2) is 13.2 Å². The minimum absolute atomic E-state index is 0. The van der Waals surface area contributed by atoms with Crippen molar-refractivity contribution >= 4 is 12.4 Å². The molecule has 0 amide bonds. The Bertz CT molecular complexity index is 357. The Labute approximate surface area is 95.0 Å². The highest BCUT2D eigenvalue weighted by atomic mass is 35.5. The molecule has 2 nitrogen and oxygen atoms in total. The van der Waals surface area contributed by atoms with Gasteiger partial charge in [0.05, 0.1) is 7.11 Å². The summed E-state index contributed by atoms with van der Waals surface area (Å²) in [5.41, 5.74) is 8.05. The monoisotopic (exact) mass is 231 g/mol. The van der Waals surface area contributed by atoms with Crippen molar-refractivity contribution in [3.8, 4) is 5.75 Å². The van der Waals surface area contributed by atoms with E-state index in [-0.39, 0.29) is 24.3 Å². The smallest absolute Gasteiger partial charge is 0.165 e. The normalized spacial score (nSPS) is 19.0. The molecule has 0 heterocycles. The minimum Gasteiger partial charge on any atom is -0.494 e. The molecule has 2 rings (SSSR count). The molecule has 0 saturated heterocycles. The number of aryl methyl sites for hydroxylation is 1. The molecule has 1 aliphatic rings.